The molecule has 0 bridgehead atoms. The standard InChI is InChI=1S/C6H4BClO3/c8-4-1-2-5-6(3-4)11-7(9)10-5/h1-3,9H. The molecule has 1 aromatic carbocycles. The Hall–Kier alpha value is -0.865. The summed E-state index contributed by atoms with van der Waals surface area (Å²) in [7, 11) is -1.19. The first kappa shape index (κ1) is 6.82. The Morgan fingerprint density at radius 1 is 1.27 bits per heavy atom. The van der Waals surface area contributed by atoms with Crippen molar-refractivity contribution in [1.82, 2.24) is 0 Å². The topological polar surface area (TPSA) is 38.7 Å². The third-order valence-corrected chi connectivity index (χ3v) is 1.60. The van der Waals surface area contributed by atoms with Crippen LogP contribution in [0.15, 0.2) is 18.2 Å². The Labute approximate surface area is 68.7 Å². The Balaban J connectivity index is 2.43. The van der Waals surface area contributed by atoms with Gasteiger partial charge in [-0.3, -0.25) is 0 Å². The van der Waals surface area contributed by atoms with Crippen molar-refractivity contribution >= 4 is 18.9 Å². The molecule has 3 nitrogen and oxygen atoms in total. The SMILES string of the molecule is OB1Oc2ccc(Cl)cc2O1. The van der Waals surface area contributed by atoms with E-state index in [1.165, 1.54) is 0 Å². The quantitative estimate of drug-likeness (QED) is 0.592. The van der Waals surface area contributed by atoms with Gasteiger partial charge in [-0.25, -0.2) is 0 Å². The number of fused-ring (bicyclic) bond motifs is 1. The van der Waals surface area contributed by atoms with E-state index < -0.39 is 7.32 Å². The van der Waals surface area contributed by atoms with Gasteiger partial charge in [0.25, 0.3) is 0 Å². The summed E-state index contributed by atoms with van der Waals surface area (Å²) in [5.41, 5.74) is 0. The largest absolute Gasteiger partial charge is 0.785 e. The number of hydrogen-bond acceptors (Lipinski definition) is 3. The summed E-state index contributed by atoms with van der Waals surface area (Å²) >= 11 is 5.65. The van der Waals surface area contributed by atoms with Crippen molar-refractivity contribution in [3.05, 3.63) is 23.2 Å². The minimum absolute atomic E-state index is 0.477. The average molecular weight is 170 g/mol. The molecule has 11 heavy (non-hydrogen) atoms. The molecule has 0 saturated carbocycles. The molecule has 1 aliphatic rings. The number of rotatable bonds is 0. The van der Waals surface area contributed by atoms with Gasteiger partial charge < -0.3 is 14.3 Å². The van der Waals surface area contributed by atoms with E-state index in [1.807, 2.05) is 0 Å². The Bertz CT molecular complexity index is 291. The Kier molecular flexibility index (Phi) is 1.44. The van der Waals surface area contributed by atoms with E-state index in [0.717, 1.165) is 0 Å². The summed E-state index contributed by atoms with van der Waals surface area (Å²) in [4.78, 5) is 0. The third kappa shape index (κ3) is 1.15. The fourth-order valence-electron chi connectivity index (χ4n) is 0.913. The van der Waals surface area contributed by atoms with E-state index in [9.17, 15) is 0 Å². The molecule has 0 aromatic heterocycles. The van der Waals surface area contributed by atoms with Crippen LogP contribution in [-0.2, 0) is 0 Å². The van der Waals surface area contributed by atoms with E-state index in [1.54, 1.807) is 18.2 Å². The van der Waals surface area contributed by atoms with Crippen LogP contribution in [0.1, 0.15) is 0 Å². The molecule has 1 aromatic rings. The van der Waals surface area contributed by atoms with Crippen molar-refractivity contribution in [1.29, 1.82) is 0 Å². The van der Waals surface area contributed by atoms with Gasteiger partial charge in [0.15, 0.2) is 0 Å². The molecule has 1 aliphatic heterocycles. The predicted octanol–water partition coefficient (Wildman–Crippen LogP) is 1.09. The maximum absolute atomic E-state index is 8.85. The van der Waals surface area contributed by atoms with Gasteiger partial charge in [0.05, 0.1) is 0 Å². The zero-order valence-corrected chi connectivity index (χ0v) is 6.21. The lowest BCUT2D eigenvalue weighted by molar-refractivity contribution is 0.342. The molecule has 0 aliphatic carbocycles. The van der Waals surface area contributed by atoms with Gasteiger partial charge in [-0.15, -0.1) is 0 Å². The third-order valence-electron chi connectivity index (χ3n) is 1.36. The van der Waals surface area contributed by atoms with Gasteiger partial charge in [0, 0.05) is 11.1 Å². The molecular formula is C6H4BClO3. The van der Waals surface area contributed by atoms with Crippen molar-refractivity contribution < 1.29 is 14.3 Å². The fraction of sp³-hybridized carbons (Fsp3) is 0. The highest BCUT2D eigenvalue weighted by atomic mass is 35.5. The normalized spacial score (nSPS) is 13.8. The second-order valence-electron chi connectivity index (χ2n) is 2.13. The average Bonchev–Trinajstić information content (AvgIpc) is 2.27. The number of benzene rings is 1. The highest BCUT2D eigenvalue weighted by molar-refractivity contribution is 6.38. The van der Waals surface area contributed by atoms with Crippen molar-refractivity contribution in [2.24, 2.45) is 0 Å². The molecule has 1 heterocycles. The van der Waals surface area contributed by atoms with Gasteiger partial charge in [-0.05, 0) is 12.1 Å². The van der Waals surface area contributed by atoms with Crippen LogP contribution < -0.4 is 9.31 Å². The van der Waals surface area contributed by atoms with Crippen LogP contribution in [-0.4, -0.2) is 12.3 Å². The highest BCUT2D eigenvalue weighted by Gasteiger charge is 2.30. The Morgan fingerprint density at radius 2 is 2.00 bits per heavy atom. The zero-order chi connectivity index (χ0) is 7.84. The summed E-state index contributed by atoms with van der Waals surface area (Å²) in [6.07, 6.45) is 0. The summed E-state index contributed by atoms with van der Waals surface area (Å²) in [6.45, 7) is 0. The first-order valence-electron chi connectivity index (χ1n) is 3.06. The minimum atomic E-state index is -1.19. The lowest BCUT2D eigenvalue weighted by atomic mass is 10.3. The van der Waals surface area contributed by atoms with Gasteiger partial charge >= 0.3 is 7.32 Å². The molecule has 0 atom stereocenters. The van der Waals surface area contributed by atoms with E-state index >= 15 is 0 Å². The smallest absolute Gasteiger partial charge is 0.498 e. The molecule has 0 fully saturated rings. The summed E-state index contributed by atoms with van der Waals surface area (Å²) < 4.78 is 9.67. The molecule has 5 heteroatoms. The van der Waals surface area contributed by atoms with Crippen molar-refractivity contribution in [3.63, 3.8) is 0 Å². The number of hydrogen-bond donors (Lipinski definition) is 1. The lowest BCUT2D eigenvalue weighted by Crippen LogP contribution is -2.23. The second-order valence-corrected chi connectivity index (χ2v) is 2.57. The molecule has 0 spiro atoms. The molecule has 2 rings (SSSR count). The van der Waals surface area contributed by atoms with E-state index in [-0.39, 0.29) is 0 Å². The molecule has 0 saturated heterocycles. The second kappa shape index (κ2) is 2.32. The molecule has 0 unspecified atom stereocenters. The van der Waals surface area contributed by atoms with Gasteiger partial charge in [0.2, 0.25) is 0 Å². The summed E-state index contributed by atoms with van der Waals surface area (Å²) in [5.74, 6) is 0.993. The van der Waals surface area contributed by atoms with Crippen LogP contribution in [0.25, 0.3) is 0 Å². The van der Waals surface area contributed by atoms with Crippen LogP contribution in [0.2, 0.25) is 5.02 Å². The maximum atomic E-state index is 8.85. The van der Waals surface area contributed by atoms with Crippen molar-refractivity contribution in [2.45, 2.75) is 0 Å². The molecule has 0 amide bonds. The predicted molar refractivity (Wildman–Crippen MR) is 40.7 cm³/mol. The van der Waals surface area contributed by atoms with Gasteiger partial charge in [-0.1, -0.05) is 11.6 Å². The van der Waals surface area contributed by atoms with Crippen molar-refractivity contribution in [2.75, 3.05) is 0 Å². The minimum Gasteiger partial charge on any atom is -0.498 e. The van der Waals surface area contributed by atoms with Crippen LogP contribution in [0.5, 0.6) is 11.5 Å². The van der Waals surface area contributed by atoms with Gasteiger partial charge in [-0.2, -0.15) is 0 Å². The first-order valence-corrected chi connectivity index (χ1v) is 3.44. The monoisotopic (exact) mass is 170 g/mol. The van der Waals surface area contributed by atoms with Crippen LogP contribution >= 0.6 is 11.6 Å². The van der Waals surface area contributed by atoms with Crippen molar-refractivity contribution in [3.8, 4) is 11.5 Å². The lowest BCUT2D eigenvalue weighted by Gasteiger charge is -1.94. The van der Waals surface area contributed by atoms with E-state index in [2.05, 4.69) is 0 Å². The van der Waals surface area contributed by atoms with E-state index in [0.29, 0.717) is 16.5 Å². The Morgan fingerprint density at radius 3 is 2.82 bits per heavy atom. The van der Waals surface area contributed by atoms with Crippen LogP contribution in [0.4, 0.5) is 0 Å². The van der Waals surface area contributed by atoms with Gasteiger partial charge in [0.1, 0.15) is 11.5 Å². The van der Waals surface area contributed by atoms with Crippen LogP contribution in [0, 0.1) is 0 Å². The van der Waals surface area contributed by atoms with Crippen LogP contribution in [0.3, 0.4) is 0 Å². The summed E-state index contributed by atoms with van der Waals surface area (Å²) in [6, 6.07) is 4.91. The first-order chi connectivity index (χ1) is 5.25. The zero-order valence-electron chi connectivity index (χ0n) is 5.45. The highest BCUT2D eigenvalue weighted by Crippen LogP contribution is 2.34. The summed E-state index contributed by atoms with van der Waals surface area (Å²) in [5, 5.41) is 9.41. The fourth-order valence-corrected chi connectivity index (χ4v) is 1.07. The van der Waals surface area contributed by atoms with E-state index in [4.69, 9.17) is 25.9 Å². The molecule has 1 N–H and O–H groups in total. The molecular weight excluding hydrogens is 166 g/mol. The molecule has 56 valence electrons. The maximum Gasteiger partial charge on any atom is 0.785 e. The molecule has 0 radical (unpaired) electrons. The number of halogens is 1.